The van der Waals surface area contributed by atoms with Crippen molar-refractivity contribution < 1.29 is 14.7 Å². The monoisotopic (exact) mass is 311 g/mol. The minimum Gasteiger partial charge on any atom is -0.478 e. The van der Waals surface area contributed by atoms with Gasteiger partial charge in [-0.1, -0.05) is 42.5 Å². The zero-order chi connectivity index (χ0) is 16.2. The average Bonchev–Trinajstić information content (AvgIpc) is 2.99. The van der Waals surface area contributed by atoms with E-state index >= 15 is 0 Å². The molecule has 1 aliphatic carbocycles. The van der Waals surface area contributed by atoms with Crippen molar-refractivity contribution in [1.29, 1.82) is 0 Å². The highest BCUT2D eigenvalue weighted by Gasteiger charge is 2.35. The molecular weight excluding hydrogens is 290 g/mol. The molecule has 1 fully saturated rings. The summed E-state index contributed by atoms with van der Waals surface area (Å²) in [6.07, 6.45) is 7.97. The summed E-state index contributed by atoms with van der Waals surface area (Å²) in [7, 11) is 0. The molecule has 4 nitrogen and oxygen atoms in total. The van der Waals surface area contributed by atoms with Crippen molar-refractivity contribution in [2.24, 2.45) is 11.8 Å². The maximum absolute atomic E-state index is 12.5. The average molecular weight is 311 g/mol. The number of likely N-dealkylation sites (tertiary alicyclic amines) is 1. The number of carboxylic acid groups (broad SMARTS) is 1. The number of nitrogens with zero attached hydrogens (tertiary/aromatic N) is 1. The van der Waals surface area contributed by atoms with Gasteiger partial charge in [-0.2, -0.15) is 0 Å². The van der Waals surface area contributed by atoms with Crippen molar-refractivity contribution in [3.8, 4) is 0 Å². The molecule has 3 rings (SSSR count). The number of amides is 1. The number of allylic oxidation sites excluding steroid dienone is 2. The summed E-state index contributed by atoms with van der Waals surface area (Å²) in [6.45, 7) is 1.51. The van der Waals surface area contributed by atoms with Crippen LogP contribution >= 0.6 is 0 Å². The minimum atomic E-state index is -1.03. The summed E-state index contributed by atoms with van der Waals surface area (Å²) >= 11 is 0. The van der Waals surface area contributed by atoms with E-state index < -0.39 is 5.97 Å². The van der Waals surface area contributed by atoms with Gasteiger partial charge < -0.3 is 10.0 Å². The fourth-order valence-electron chi connectivity index (χ4n) is 3.43. The van der Waals surface area contributed by atoms with Crippen molar-refractivity contribution in [2.45, 2.75) is 19.3 Å². The molecule has 0 saturated carbocycles. The van der Waals surface area contributed by atoms with E-state index in [2.05, 4.69) is 12.2 Å². The molecule has 2 aliphatic rings. The summed E-state index contributed by atoms with van der Waals surface area (Å²) in [6, 6.07) is 9.26. The molecule has 1 N–H and O–H groups in total. The second kappa shape index (κ2) is 6.82. The molecule has 2 atom stereocenters. The Labute approximate surface area is 136 Å². The molecule has 0 spiro atoms. The van der Waals surface area contributed by atoms with E-state index in [1.807, 2.05) is 35.2 Å². The molecule has 0 radical (unpaired) electrons. The van der Waals surface area contributed by atoms with E-state index in [1.54, 1.807) is 6.08 Å². The number of hydrogen-bond acceptors (Lipinski definition) is 2. The Morgan fingerprint density at radius 3 is 2.26 bits per heavy atom. The Morgan fingerprint density at radius 2 is 1.70 bits per heavy atom. The molecule has 0 unspecified atom stereocenters. The predicted octanol–water partition coefficient (Wildman–Crippen LogP) is 2.97. The first-order valence-electron chi connectivity index (χ1n) is 8.05. The lowest BCUT2D eigenvalue weighted by Crippen LogP contribution is -2.29. The topological polar surface area (TPSA) is 57.6 Å². The number of benzene rings is 1. The number of carbonyl (C=O) groups excluding carboxylic acids is 1. The summed E-state index contributed by atoms with van der Waals surface area (Å²) in [5, 5.41) is 9.38. The first-order chi connectivity index (χ1) is 11.1. The molecule has 1 heterocycles. The smallest absolute Gasteiger partial charge is 0.332 e. The van der Waals surface area contributed by atoms with Gasteiger partial charge in [0.25, 0.3) is 0 Å². The number of carboxylic acids is 1. The summed E-state index contributed by atoms with van der Waals surface area (Å²) in [5.41, 5.74) is 0.950. The zero-order valence-corrected chi connectivity index (χ0v) is 13.0. The molecule has 4 heteroatoms. The van der Waals surface area contributed by atoms with Gasteiger partial charge in [0.1, 0.15) is 0 Å². The van der Waals surface area contributed by atoms with Gasteiger partial charge in [-0.15, -0.1) is 0 Å². The zero-order valence-electron chi connectivity index (χ0n) is 13.0. The van der Waals surface area contributed by atoms with Gasteiger partial charge in [-0.25, -0.2) is 4.79 Å². The molecule has 0 bridgehead atoms. The molecule has 1 aromatic carbocycles. The van der Waals surface area contributed by atoms with Crippen LogP contribution in [0, 0.1) is 11.8 Å². The first kappa shape index (κ1) is 15.5. The molecule has 0 aromatic heterocycles. The van der Waals surface area contributed by atoms with Gasteiger partial charge in [0.05, 0.1) is 6.42 Å². The van der Waals surface area contributed by atoms with E-state index in [4.69, 9.17) is 0 Å². The van der Waals surface area contributed by atoms with Crippen LogP contribution in [0.15, 0.2) is 48.1 Å². The molecule has 1 aromatic rings. The van der Waals surface area contributed by atoms with Gasteiger partial charge in [-0.3, -0.25) is 4.79 Å². The van der Waals surface area contributed by atoms with Crippen molar-refractivity contribution in [3.63, 3.8) is 0 Å². The highest BCUT2D eigenvalue weighted by molar-refractivity contribution is 5.98. The first-order valence-corrected chi connectivity index (χ1v) is 8.05. The third-order valence-electron chi connectivity index (χ3n) is 4.73. The third kappa shape index (κ3) is 3.70. The number of aliphatic carboxylic acids is 1. The maximum atomic E-state index is 12.5. The molecule has 1 aliphatic heterocycles. The van der Waals surface area contributed by atoms with E-state index in [-0.39, 0.29) is 17.9 Å². The summed E-state index contributed by atoms with van der Waals surface area (Å²) in [5.74, 6) is -0.0323. The number of rotatable bonds is 4. The standard InChI is InChI=1S/C19H21NO3/c21-18(20-12-15-8-4-5-9-16(15)13-20)11-17(19(22)23)10-14-6-2-1-3-7-14/h1-7,10,15-16H,8-9,11-13H2,(H,22,23)/t15-,16+. The van der Waals surface area contributed by atoms with Crippen LogP contribution in [-0.2, 0) is 9.59 Å². The Hall–Kier alpha value is -2.36. The lowest BCUT2D eigenvalue weighted by atomic mass is 9.86. The lowest BCUT2D eigenvalue weighted by Gasteiger charge is -2.17. The molecule has 1 saturated heterocycles. The van der Waals surface area contributed by atoms with Crippen molar-refractivity contribution in [2.75, 3.05) is 13.1 Å². The fraction of sp³-hybridized carbons (Fsp3) is 0.368. The quantitative estimate of drug-likeness (QED) is 0.687. The predicted molar refractivity (Wildman–Crippen MR) is 88.6 cm³/mol. The van der Waals surface area contributed by atoms with Crippen LogP contribution in [-0.4, -0.2) is 35.0 Å². The largest absolute Gasteiger partial charge is 0.478 e. The van der Waals surface area contributed by atoms with Crippen molar-refractivity contribution in [1.82, 2.24) is 4.90 Å². The number of hydrogen-bond donors (Lipinski definition) is 1. The van der Waals surface area contributed by atoms with Gasteiger partial charge in [-0.05, 0) is 36.3 Å². The van der Waals surface area contributed by atoms with E-state index in [0.717, 1.165) is 31.5 Å². The van der Waals surface area contributed by atoms with Crippen LogP contribution in [0.5, 0.6) is 0 Å². The van der Waals surface area contributed by atoms with Crippen LogP contribution in [0.4, 0.5) is 0 Å². The van der Waals surface area contributed by atoms with Gasteiger partial charge >= 0.3 is 5.97 Å². The highest BCUT2D eigenvalue weighted by atomic mass is 16.4. The van der Waals surface area contributed by atoms with Crippen LogP contribution in [0.25, 0.3) is 6.08 Å². The lowest BCUT2D eigenvalue weighted by molar-refractivity contribution is -0.136. The van der Waals surface area contributed by atoms with Crippen LogP contribution in [0.1, 0.15) is 24.8 Å². The van der Waals surface area contributed by atoms with Crippen molar-refractivity contribution in [3.05, 3.63) is 53.6 Å². The Morgan fingerprint density at radius 1 is 1.09 bits per heavy atom. The third-order valence-corrected chi connectivity index (χ3v) is 4.73. The van der Waals surface area contributed by atoms with Crippen LogP contribution in [0.2, 0.25) is 0 Å². The Bertz CT molecular complexity index is 632. The van der Waals surface area contributed by atoms with Gasteiger partial charge in [0.15, 0.2) is 0 Å². The van der Waals surface area contributed by atoms with E-state index in [0.29, 0.717) is 11.8 Å². The van der Waals surface area contributed by atoms with Crippen LogP contribution in [0.3, 0.4) is 0 Å². The fourth-order valence-corrected chi connectivity index (χ4v) is 3.43. The second-order valence-electron chi connectivity index (χ2n) is 6.32. The SMILES string of the molecule is O=C(O)C(=Cc1ccccc1)CC(=O)N1C[C@H]2CC=CC[C@H]2C1. The molecule has 23 heavy (non-hydrogen) atoms. The van der Waals surface area contributed by atoms with Gasteiger partial charge in [0.2, 0.25) is 5.91 Å². The number of carbonyl (C=O) groups is 2. The number of fused-ring (bicyclic) bond motifs is 1. The summed E-state index contributed by atoms with van der Waals surface area (Å²) in [4.78, 5) is 25.8. The van der Waals surface area contributed by atoms with Gasteiger partial charge in [0, 0.05) is 18.7 Å². The maximum Gasteiger partial charge on any atom is 0.332 e. The van der Waals surface area contributed by atoms with E-state index in [9.17, 15) is 14.7 Å². The Balaban J connectivity index is 1.68. The van der Waals surface area contributed by atoms with Crippen molar-refractivity contribution >= 4 is 18.0 Å². The summed E-state index contributed by atoms with van der Waals surface area (Å²) < 4.78 is 0. The molecule has 1 amide bonds. The van der Waals surface area contributed by atoms with Crippen LogP contribution < -0.4 is 0 Å². The highest BCUT2D eigenvalue weighted by Crippen LogP contribution is 2.33. The minimum absolute atomic E-state index is 0.0445. The second-order valence-corrected chi connectivity index (χ2v) is 6.32. The molecular formula is C19H21NO3. The normalized spacial score (nSPS) is 23.7. The van der Waals surface area contributed by atoms with E-state index in [1.165, 1.54) is 0 Å². The Kier molecular flexibility index (Phi) is 4.60. The molecule has 120 valence electrons.